The second-order valence-corrected chi connectivity index (χ2v) is 13.6. The average molecular weight is 516 g/mol. The van der Waals surface area contributed by atoms with E-state index in [1.165, 1.54) is 15.9 Å². The van der Waals surface area contributed by atoms with Gasteiger partial charge in [0.05, 0.1) is 0 Å². The molecule has 0 aliphatic heterocycles. The molecule has 5 aromatic rings. The first-order valence-electron chi connectivity index (χ1n) is 11.8. The van der Waals surface area contributed by atoms with E-state index < -0.39 is 7.26 Å². The van der Waals surface area contributed by atoms with E-state index in [2.05, 4.69) is 97.9 Å². The van der Waals surface area contributed by atoms with Gasteiger partial charge in [0, 0.05) is 0 Å². The Labute approximate surface area is 216 Å². The SMILES string of the molecule is CCCSc1oc(-c2ccc(Cl)cc2)nc1[PH](c1ccccc1)(c1ccccc1)c1ccccc1. The third-order valence-corrected chi connectivity index (χ3v) is 12.3. The predicted molar refractivity (Wildman–Crippen MR) is 154 cm³/mol. The zero-order chi connectivity index (χ0) is 24.1. The number of oxazole rings is 1. The predicted octanol–water partition coefficient (Wildman–Crippen LogP) is 6.85. The number of hydrogen-bond donors (Lipinski definition) is 0. The Balaban J connectivity index is 1.86. The van der Waals surface area contributed by atoms with Gasteiger partial charge < -0.3 is 0 Å². The zero-order valence-electron chi connectivity index (χ0n) is 19.5. The van der Waals surface area contributed by atoms with Crippen LogP contribution in [0.3, 0.4) is 0 Å². The Morgan fingerprint density at radius 3 is 1.66 bits per heavy atom. The molecule has 0 radical (unpaired) electrons. The van der Waals surface area contributed by atoms with Crippen molar-refractivity contribution in [3.05, 3.63) is 120 Å². The second-order valence-electron chi connectivity index (χ2n) is 8.36. The summed E-state index contributed by atoms with van der Waals surface area (Å²) in [6, 6.07) is 40.2. The number of halogens is 1. The maximum atomic E-state index is 6.56. The van der Waals surface area contributed by atoms with Gasteiger partial charge in [-0.25, -0.2) is 0 Å². The van der Waals surface area contributed by atoms with E-state index in [-0.39, 0.29) is 0 Å². The number of benzene rings is 4. The fourth-order valence-corrected chi connectivity index (χ4v) is 10.6. The Hall–Kier alpha value is -2.84. The van der Waals surface area contributed by atoms with Crippen LogP contribution >= 0.6 is 30.6 Å². The van der Waals surface area contributed by atoms with Crippen LogP contribution in [-0.4, -0.2) is 10.7 Å². The topological polar surface area (TPSA) is 26.0 Å². The zero-order valence-corrected chi connectivity index (χ0v) is 22.1. The van der Waals surface area contributed by atoms with E-state index in [0.717, 1.165) is 28.3 Å². The summed E-state index contributed by atoms with van der Waals surface area (Å²) in [7, 11) is -2.77. The molecule has 2 nitrogen and oxygen atoms in total. The van der Waals surface area contributed by atoms with E-state index in [4.69, 9.17) is 21.0 Å². The molecule has 4 aromatic carbocycles. The van der Waals surface area contributed by atoms with Crippen LogP contribution < -0.4 is 21.3 Å². The van der Waals surface area contributed by atoms with Crippen LogP contribution in [-0.2, 0) is 0 Å². The summed E-state index contributed by atoms with van der Waals surface area (Å²) >= 11 is 7.92. The van der Waals surface area contributed by atoms with Gasteiger partial charge in [-0.1, -0.05) is 0 Å². The first-order chi connectivity index (χ1) is 17.2. The van der Waals surface area contributed by atoms with Crippen LogP contribution in [0.2, 0.25) is 5.02 Å². The monoisotopic (exact) mass is 515 g/mol. The third kappa shape index (κ3) is 4.69. The van der Waals surface area contributed by atoms with Crippen LogP contribution in [0.15, 0.2) is 125 Å². The second kappa shape index (κ2) is 10.8. The Bertz CT molecular complexity index is 1280. The molecule has 0 aliphatic rings. The van der Waals surface area contributed by atoms with Gasteiger partial charge in [-0.2, -0.15) is 0 Å². The number of rotatable bonds is 8. The molecule has 0 aliphatic carbocycles. The molecular formula is C30H27ClNOPS. The van der Waals surface area contributed by atoms with Crippen LogP contribution in [0.25, 0.3) is 11.5 Å². The van der Waals surface area contributed by atoms with Crippen molar-refractivity contribution in [2.24, 2.45) is 0 Å². The number of aromatic nitrogens is 1. The Morgan fingerprint density at radius 1 is 0.714 bits per heavy atom. The van der Waals surface area contributed by atoms with Crippen molar-refractivity contribution in [1.82, 2.24) is 4.98 Å². The molecule has 35 heavy (non-hydrogen) atoms. The molecule has 176 valence electrons. The van der Waals surface area contributed by atoms with Crippen LogP contribution in [0.1, 0.15) is 13.3 Å². The molecule has 0 fully saturated rings. The van der Waals surface area contributed by atoms with Gasteiger partial charge >= 0.3 is 217 Å². The van der Waals surface area contributed by atoms with E-state index in [1.54, 1.807) is 11.8 Å². The first-order valence-corrected chi connectivity index (χ1v) is 15.2. The van der Waals surface area contributed by atoms with E-state index in [0.29, 0.717) is 10.9 Å². The van der Waals surface area contributed by atoms with Crippen molar-refractivity contribution < 1.29 is 4.42 Å². The van der Waals surface area contributed by atoms with Crippen molar-refractivity contribution in [1.29, 1.82) is 0 Å². The third-order valence-electron chi connectivity index (χ3n) is 6.10. The fraction of sp³-hybridized carbons (Fsp3) is 0.100. The Morgan fingerprint density at radius 2 is 1.20 bits per heavy atom. The summed E-state index contributed by atoms with van der Waals surface area (Å²) in [6.45, 7) is 2.19. The molecule has 0 unspecified atom stereocenters. The van der Waals surface area contributed by atoms with Crippen molar-refractivity contribution >= 4 is 52.0 Å². The van der Waals surface area contributed by atoms with Crippen LogP contribution in [0, 0.1) is 0 Å². The van der Waals surface area contributed by atoms with Crippen molar-refractivity contribution in [3.63, 3.8) is 0 Å². The van der Waals surface area contributed by atoms with Gasteiger partial charge in [-0.3, -0.25) is 0 Å². The molecule has 0 N–H and O–H groups in total. The molecule has 5 heteroatoms. The summed E-state index contributed by atoms with van der Waals surface area (Å²) in [4.78, 5) is 5.30. The summed E-state index contributed by atoms with van der Waals surface area (Å²) < 4.78 is 6.56. The maximum absolute atomic E-state index is 6.56. The number of hydrogen-bond acceptors (Lipinski definition) is 3. The van der Waals surface area contributed by atoms with Gasteiger partial charge in [-0.15, -0.1) is 0 Å². The summed E-state index contributed by atoms with van der Waals surface area (Å²) in [5, 5.41) is 5.45. The van der Waals surface area contributed by atoms with E-state index in [1.807, 2.05) is 24.3 Å². The Kier molecular flexibility index (Phi) is 7.39. The minimum atomic E-state index is -2.77. The summed E-state index contributed by atoms with van der Waals surface area (Å²) in [5.74, 6) is 1.60. The molecule has 0 amide bonds. The molecule has 0 bridgehead atoms. The standard InChI is InChI=1S/C30H27ClNOPS/c1-2-22-35-30-29(32-28(33-30)23-18-20-24(31)21-19-23)34(25-12-6-3-7-13-25,26-14-8-4-9-15-26)27-16-10-5-11-17-27/h3-21,34H,2,22H2,1H3. The summed E-state index contributed by atoms with van der Waals surface area (Å²) in [5.41, 5.74) is 1.97. The molecule has 0 saturated carbocycles. The number of thioether (sulfide) groups is 1. The fourth-order valence-electron chi connectivity index (χ4n) is 4.53. The van der Waals surface area contributed by atoms with Crippen molar-refractivity contribution in [3.8, 4) is 11.5 Å². The van der Waals surface area contributed by atoms with Crippen molar-refractivity contribution in [2.45, 2.75) is 18.4 Å². The van der Waals surface area contributed by atoms with Gasteiger partial charge in [0.15, 0.2) is 0 Å². The van der Waals surface area contributed by atoms with E-state index in [9.17, 15) is 0 Å². The van der Waals surface area contributed by atoms with Crippen LogP contribution in [0.4, 0.5) is 0 Å². The van der Waals surface area contributed by atoms with Gasteiger partial charge in [0.2, 0.25) is 0 Å². The van der Waals surface area contributed by atoms with Gasteiger partial charge in [-0.05, 0) is 0 Å². The summed E-state index contributed by atoms with van der Waals surface area (Å²) in [6.07, 6.45) is 1.05. The minimum absolute atomic E-state index is 0.634. The molecule has 0 spiro atoms. The average Bonchev–Trinajstić information content (AvgIpc) is 3.34. The van der Waals surface area contributed by atoms with Gasteiger partial charge in [0.1, 0.15) is 0 Å². The quantitative estimate of drug-likeness (QED) is 0.167. The number of nitrogens with zero attached hydrogens (tertiary/aromatic N) is 1. The molecular weight excluding hydrogens is 489 g/mol. The normalized spacial score (nSPS) is 11.9. The van der Waals surface area contributed by atoms with Crippen molar-refractivity contribution in [2.75, 3.05) is 5.75 Å². The van der Waals surface area contributed by atoms with E-state index >= 15 is 0 Å². The molecule has 5 rings (SSSR count). The van der Waals surface area contributed by atoms with Gasteiger partial charge in [0.25, 0.3) is 0 Å². The molecule has 1 heterocycles. The first kappa shape index (κ1) is 23.9. The molecule has 0 saturated heterocycles. The molecule has 1 aromatic heterocycles. The molecule has 0 atom stereocenters. The van der Waals surface area contributed by atoms with Crippen LogP contribution in [0.5, 0.6) is 0 Å².